The van der Waals surface area contributed by atoms with Crippen molar-refractivity contribution in [3.63, 3.8) is 0 Å². The molecule has 2 aliphatic rings. The smallest absolute Gasteiger partial charge is 0.147 e. The number of piperidine rings is 1. The Morgan fingerprint density at radius 2 is 2.22 bits per heavy atom. The fourth-order valence-corrected chi connectivity index (χ4v) is 3.31. The predicted molar refractivity (Wildman–Crippen MR) is 70.5 cm³/mol. The van der Waals surface area contributed by atoms with Crippen LogP contribution in [0.15, 0.2) is 18.3 Å². The van der Waals surface area contributed by atoms with Crippen molar-refractivity contribution >= 4 is 5.78 Å². The number of hydrogen-bond acceptors (Lipinski definition) is 3. The van der Waals surface area contributed by atoms with Crippen LogP contribution in [-0.4, -0.2) is 23.9 Å². The fraction of sp³-hybridized carbons (Fsp3) is 0.600. The second-order valence-electron chi connectivity index (χ2n) is 5.81. The Hall–Kier alpha value is -1.22. The lowest BCUT2D eigenvalue weighted by Crippen LogP contribution is -2.42. The van der Waals surface area contributed by atoms with Gasteiger partial charge in [-0.1, -0.05) is 13.0 Å². The summed E-state index contributed by atoms with van der Waals surface area (Å²) in [7, 11) is 0. The van der Waals surface area contributed by atoms with Gasteiger partial charge in [-0.3, -0.25) is 9.78 Å². The zero-order valence-corrected chi connectivity index (χ0v) is 10.9. The van der Waals surface area contributed by atoms with Crippen molar-refractivity contribution in [2.75, 3.05) is 13.1 Å². The van der Waals surface area contributed by atoms with Gasteiger partial charge in [-0.25, -0.2) is 0 Å². The molecule has 1 aromatic heterocycles. The number of ketones is 1. The van der Waals surface area contributed by atoms with Crippen molar-refractivity contribution in [2.24, 2.45) is 5.41 Å². The van der Waals surface area contributed by atoms with Crippen LogP contribution in [0.1, 0.15) is 43.4 Å². The number of nitrogens with one attached hydrogen (secondary N) is 1. The average Bonchev–Trinajstić information content (AvgIpc) is 2.82. The van der Waals surface area contributed by atoms with E-state index in [-0.39, 0.29) is 11.3 Å². The number of Topliss-reactive ketones (excluding diaryl/α,β-unsaturated/α-hetero) is 1. The first-order valence-electron chi connectivity index (χ1n) is 6.89. The first kappa shape index (κ1) is 11.8. The van der Waals surface area contributed by atoms with Crippen LogP contribution in [0.25, 0.3) is 0 Å². The fourth-order valence-electron chi connectivity index (χ4n) is 3.31. The van der Waals surface area contributed by atoms with E-state index < -0.39 is 0 Å². The molecule has 3 nitrogen and oxygen atoms in total. The number of carbonyl (C=O) groups excluding carboxylic acids is 1. The van der Waals surface area contributed by atoms with Gasteiger partial charge in [0.1, 0.15) is 5.78 Å². The van der Waals surface area contributed by atoms with E-state index in [4.69, 9.17) is 0 Å². The summed E-state index contributed by atoms with van der Waals surface area (Å²) in [4.78, 5) is 17.3. The molecule has 0 amide bonds. The number of hydrogen-bond donors (Lipinski definition) is 1. The van der Waals surface area contributed by atoms with Crippen molar-refractivity contribution in [1.29, 1.82) is 0 Å². The van der Waals surface area contributed by atoms with Crippen LogP contribution in [0.4, 0.5) is 0 Å². The van der Waals surface area contributed by atoms with Crippen LogP contribution in [0.3, 0.4) is 0 Å². The first-order valence-corrected chi connectivity index (χ1v) is 6.89. The minimum Gasteiger partial charge on any atom is -0.317 e. The summed E-state index contributed by atoms with van der Waals surface area (Å²) in [5, 5.41) is 3.34. The molecule has 1 unspecified atom stereocenters. The third kappa shape index (κ3) is 1.87. The van der Waals surface area contributed by atoms with Crippen LogP contribution in [0.5, 0.6) is 0 Å². The van der Waals surface area contributed by atoms with Crippen molar-refractivity contribution in [2.45, 2.75) is 38.5 Å². The molecule has 2 heterocycles. The molecule has 1 aromatic rings. The van der Waals surface area contributed by atoms with E-state index in [1.165, 1.54) is 5.56 Å². The minimum atomic E-state index is -0.144. The highest BCUT2D eigenvalue weighted by Crippen LogP contribution is 2.40. The Morgan fingerprint density at radius 3 is 3.00 bits per heavy atom. The monoisotopic (exact) mass is 244 g/mol. The van der Waals surface area contributed by atoms with Crippen molar-refractivity contribution in [3.05, 3.63) is 29.6 Å². The van der Waals surface area contributed by atoms with Crippen LogP contribution < -0.4 is 5.32 Å². The zero-order valence-electron chi connectivity index (χ0n) is 10.9. The minimum absolute atomic E-state index is 0.0456. The van der Waals surface area contributed by atoms with E-state index in [0.717, 1.165) is 44.5 Å². The van der Waals surface area contributed by atoms with Gasteiger partial charge in [-0.2, -0.15) is 0 Å². The van der Waals surface area contributed by atoms with Gasteiger partial charge in [0.15, 0.2) is 0 Å². The molecule has 1 aliphatic heterocycles. The average molecular weight is 244 g/mol. The molecular formula is C15H20N2O. The molecule has 18 heavy (non-hydrogen) atoms. The van der Waals surface area contributed by atoms with E-state index in [9.17, 15) is 4.79 Å². The number of nitrogens with zero attached hydrogens (tertiary/aromatic N) is 1. The maximum atomic E-state index is 12.8. The summed E-state index contributed by atoms with van der Waals surface area (Å²) in [6, 6.07) is 4.08. The van der Waals surface area contributed by atoms with E-state index in [2.05, 4.69) is 23.3 Å². The largest absolute Gasteiger partial charge is 0.317 e. The summed E-state index contributed by atoms with van der Waals surface area (Å²) in [6.45, 7) is 4.06. The number of rotatable bonds is 2. The second-order valence-corrected chi connectivity index (χ2v) is 5.81. The molecule has 0 spiro atoms. The van der Waals surface area contributed by atoms with Crippen LogP contribution >= 0.6 is 0 Å². The Kier molecular flexibility index (Phi) is 2.94. The molecule has 1 fully saturated rings. The molecule has 0 radical (unpaired) electrons. The SMILES string of the molecule is CC1(C(=O)C2CCc3cccnc32)CCNCC1. The van der Waals surface area contributed by atoms with Gasteiger partial charge in [0.2, 0.25) is 0 Å². The Morgan fingerprint density at radius 1 is 1.44 bits per heavy atom. The highest BCUT2D eigenvalue weighted by molar-refractivity contribution is 5.91. The Bertz CT molecular complexity index is 463. The van der Waals surface area contributed by atoms with Crippen molar-refractivity contribution in [3.8, 4) is 0 Å². The van der Waals surface area contributed by atoms with Gasteiger partial charge < -0.3 is 5.32 Å². The van der Waals surface area contributed by atoms with Crippen LogP contribution in [-0.2, 0) is 11.2 Å². The predicted octanol–water partition coefficient (Wildman–Crippen LogP) is 2.07. The third-order valence-electron chi connectivity index (χ3n) is 4.58. The van der Waals surface area contributed by atoms with Gasteiger partial charge in [0, 0.05) is 11.6 Å². The highest BCUT2D eigenvalue weighted by Gasteiger charge is 2.41. The first-order chi connectivity index (χ1) is 8.71. The summed E-state index contributed by atoms with van der Waals surface area (Å²) < 4.78 is 0. The lowest BCUT2D eigenvalue weighted by atomic mass is 9.72. The van der Waals surface area contributed by atoms with Gasteiger partial charge in [-0.15, -0.1) is 0 Å². The van der Waals surface area contributed by atoms with E-state index >= 15 is 0 Å². The molecule has 0 saturated carbocycles. The van der Waals surface area contributed by atoms with Crippen LogP contribution in [0.2, 0.25) is 0 Å². The standard InChI is InChI=1S/C15H20N2O/c1-15(6-9-16-10-7-15)14(18)12-5-4-11-3-2-8-17-13(11)12/h2-3,8,12,16H,4-7,9-10H2,1H3. The summed E-state index contributed by atoms with van der Waals surface area (Å²) in [5.41, 5.74) is 2.17. The Balaban J connectivity index is 1.86. The lowest BCUT2D eigenvalue weighted by molar-refractivity contribution is -0.130. The zero-order chi connectivity index (χ0) is 12.6. The molecule has 0 aromatic carbocycles. The topological polar surface area (TPSA) is 42.0 Å². The quantitative estimate of drug-likeness (QED) is 0.866. The Labute approximate surface area is 108 Å². The summed E-state index contributed by atoms with van der Waals surface area (Å²) in [5.74, 6) is 0.464. The van der Waals surface area contributed by atoms with Gasteiger partial charge in [0.05, 0.1) is 11.6 Å². The maximum absolute atomic E-state index is 12.8. The molecule has 0 bridgehead atoms. The molecule has 1 aliphatic carbocycles. The van der Waals surface area contributed by atoms with Gasteiger partial charge in [0.25, 0.3) is 0 Å². The maximum Gasteiger partial charge on any atom is 0.147 e. The van der Waals surface area contributed by atoms with E-state index in [0.29, 0.717) is 5.78 Å². The third-order valence-corrected chi connectivity index (χ3v) is 4.58. The molecule has 1 N–H and O–H groups in total. The van der Waals surface area contributed by atoms with Crippen molar-refractivity contribution in [1.82, 2.24) is 10.3 Å². The van der Waals surface area contributed by atoms with Crippen LogP contribution in [0, 0.1) is 5.41 Å². The molecule has 1 atom stereocenters. The summed E-state index contributed by atoms with van der Waals surface area (Å²) >= 11 is 0. The number of aromatic nitrogens is 1. The normalized spacial score (nSPS) is 25.7. The number of fused-ring (bicyclic) bond motifs is 1. The van der Waals surface area contributed by atoms with Gasteiger partial charge in [-0.05, 0) is 50.4 Å². The molecule has 3 heteroatoms. The molecular weight excluding hydrogens is 224 g/mol. The number of carbonyl (C=O) groups is 1. The van der Waals surface area contributed by atoms with Crippen molar-refractivity contribution < 1.29 is 4.79 Å². The molecule has 96 valence electrons. The van der Waals surface area contributed by atoms with E-state index in [1.54, 1.807) is 0 Å². The number of pyridine rings is 1. The molecule has 3 rings (SSSR count). The lowest BCUT2D eigenvalue weighted by Gasteiger charge is -2.34. The second kappa shape index (κ2) is 4.47. The highest BCUT2D eigenvalue weighted by atomic mass is 16.1. The summed E-state index contributed by atoms with van der Waals surface area (Å²) in [6.07, 6.45) is 5.70. The molecule has 1 saturated heterocycles. The van der Waals surface area contributed by atoms with Gasteiger partial charge >= 0.3 is 0 Å². The van der Waals surface area contributed by atoms with E-state index in [1.807, 2.05) is 12.3 Å². The number of aryl methyl sites for hydroxylation is 1.